The van der Waals surface area contributed by atoms with E-state index in [0.717, 1.165) is 22.9 Å². The number of carbonyl (C=O) groups excluding carboxylic acids is 1. The molecule has 3 aromatic rings. The van der Waals surface area contributed by atoms with E-state index >= 15 is 0 Å². The Balaban J connectivity index is 1.41. The van der Waals surface area contributed by atoms with Crippen LogP contribution in [0, 0.1) is 0 Å². The van der Waals surface area contributed by atoms with Gasteiger partial charge in [0.1, 0.15) is 17.3 Å². The zero-order valence-electron chi connectivity index (χ0n) is 15.7. The van der Waals surface area contributed by atoms with E-state index < -0.39 is 0 Å². The van der Waals surface area contributed by atoms with Crippen LogP contribution in [0.1, 0.15) is 12.0 Å². The van der Waals surface area contributed by atoms with Crippen LogP contribution in [0.4, 0.5) is 11.5 Å². The second-order valence-corrected chi connectivity index (χ2v) is 6.09. The van der Waals surface area contributed by atoms with Crippen LogP contribution < -0.4 is 20.1 Å². The Bertz CT molecular complexity index is 866. The minimum absolute atomic E-state index is 0.114. The summed E-state index contributed by atoms with van der Waals surface area (Å²) < 4.78 is 10.7. The number of para-hydroxylation sites is 1. The lowest BCUT2D eigenvalue weighted by Crippen LogP contribution is -2.15. The normalized spacial score (nSPS) is 10.2. The molecule has 0 radical (unpaired) electrons. The Hall–Kier alpha value is -3.54. The van der Waals surface area contributed by atoms with Crippen molar-refractivity contribution < 1.29 is 14.3 Å². The maximum Gasteiger partial charge on any atom is 0.227 e. The van der Waals surface area contributed by atoms with Crippen LogP contribution >= 0.6 is 0 Å². The molecular formula is C22H23N3O3. The Morgan fingerprint density at radius 1 is 0.964 bits per heavy atom. The van der Waals surface area contributed by atoms with E-state index in [2.05, 4.69) is 15.6 Å². The Morgan fingerprint density at radius 2 is 1.75 bits per heavy atom. The summed E-state index contributed by atoms with van der Waals surface area (Å²) in [6.07, 6.45) is 1.90. The molecule has 0 saturated carbocycles. The van der Waals surface area contributed by atoms with Crippen molar-refractivity contribution in [3.8, 4) is 11.5 Å². The summed E-state index contributed by atoms with van der Waals surface area (Å²) in [7, 11) is 1.65. The fourth-order valence-corrected chi connectivity index (χ4v) is 2.51. The topological polar surface area (TPSA) is 72.5 Å². The monoisotopic (exact) mass is 377 g/mol. The molecule has 1 aromatic heterocycles. The summed E-state index contributed by atoms with van der Waals surface area (Å²) in [6.45, 7) is 0.976. The van der Waals surface area contributed by atoms with E-state index in [0.29, 0.717) is 18.8 Å². The highest BCUT2D eigenvalue weighted by Gasteiger charge is 2.04. The molecule has 28 heavy (non-hydrogen) atoms. The Morgan fingerprint density at radius 3 is 2.43 bits per heavy atom. The van der Waals surface area contributed by atoms with Gasteiger partial charge in [0.05, 0.1) is 32.0 Å². The molecule has 0 saturated heterocycles. The molecule has 0 atom stereocenters. The summed E-state index contributed by atoms with van der Waals surface area (Å²) >= 11 is 0. The van der Waals surface area contributed by atoms with Gasteiger partial charge in [-0.25, -0.2) is 4.98 Å². The van der Waals surface area contributed by atoms with Crippen molar-refractivity contribution in [1.29, 1.82) is 0 Å². The predicted octanol–water partition coefficient (Wildman–Crippen LogP) is 4.11. The van der Waals surface area contributed by atoms with E-state index in [-0.39, 0.29) is 12.3 Å². The highest BCUT2D eigenvalue weighted by molar-refractivity contribution is 5.90. The highest BCUT2D eigenvalue weighted by atomic mass is 16.5. The van der Waals surface area contributed by atoms with Gasteiger partial charge in [-0.15, -0.1) is 0 Å². The van der Waals surface area contributed by atoms with Crippen LogP contribution in [0.15, 0.2) is 72.9 Å². The Kier molecular flexibility index (Phi) is 6.84. The molecule has 0 unspecified atom stereocenters. The van der Waals surface area contributed by atoms with Gasteiger partial charge in [0.2, 0.25) is 5.91 Å². The minimum Gasteiger partial charge on any atom is -0.497 e. The molecule has 0 aliphatic carbocycles. The van der Waals surface area contributed by atoms with Crippen molar-refractivity contribution >= 4 is 17.4 Å². The van der Waals surface area contributed by atoms with E-state index in [4.69, 9.17) is 9.47 Å². The van der Waals surface area contributed by atoms with Gasteiger partial charge in [-0.05, 0) is 42.0 Å². The number of ether oxygens (including phenoxy) is 2. The van der Waals surface area contributed by atoms with Crippen molar-refractivity contribution in [2.75, 3.05) is 24.4 Å². The molecule has 144 valence electrons. The number of pyridine rings is 1. The molecule has 0 bridgehead atoms. The van der Waals surface area contributed by atoms with Gasteiger partial charge in [-0.1, -0.05) is 30.3 Å². The van der Waals surface area contributed by atoms with Gasteiger partial charge < -0.3 is 20.1 Å². The second kappa shape index (κ2) is 9.97. The number of methoxy groups -OCH3 is 1. The van der Waals surface area contributed by atoms with Crippen molar-refractivity contribution in [2.45, 2.75) is 13.0 Å². The molecule has 0 fully saturated rings. The van der Waals surface area contributed by atoms with Gasteiger partial charge >= 0.3 is 0 Å². The largest absolute Gasteiger partial charge is 0.497 e. The maximum atomic E-state index is 12.0. The van der Waals surface area contributed by atoms with Crippen LogP contribution in [0.3, 0.4) is 0 Å². The average Bonchev–Trinajstić information content (AvgIpc) is 2.74. The molecule has 2 N–H and O–H groups in total. The average molecular weight is 377 g/mol. The molecule has 3 rings (SSSR count). The zero-order valence-corrected chi connectivity index (χ0v) is 15.7. The summed E-state index contributed by atoms with van der Waals surface area (Å²) in [4.78, 5) is 16.3. The first-order valence-corrected chi connectivity index (χ1v) is 9.03. The number of amides is 1. The molecule has 0 aliphatic heterocycles. The molecule has 6 nitrogen and oxygen atoms in total. The molecule has 1 amide bonds. The van der Waals surface area contributed by atoms with E-state index in [9.17, 15) is 4.79 Å². The fraction of sp³-hybridized carbons (Fsp3) is 0.182. The first-order chi connectivity index (χ1) is 13.7. The van der Waals surface area contributed by atoms with Crippen LogP contribution in [-0.4, -0.2) is 24.6 Å². The molecule has 6 heteroatoms. The van der Waals surface area contributed by atoms with E-state index in [1.165, 1.54) is 0 Å². The quantitative estimate of drug-likeness (QED) is 0.587. The molecule has 0 spiro atoms. The van der Waals surface area contributed by atoms with Gasteiger partial charge in [-0.2, -0.15) is 0 Å². The van der Waals surface area contributed by atoms with Crippen molar-refractivity contribution in [3.63, 3.8) is 0 Å². The first kappa shape index (κ1) is 19.2. The van der Waals surface area contributed by atoms with Crippen LogP contribution in [0.5, 0.6) is 11.5 Å². The SMILES string of the molecule is COc1ccc(CNc2ccc(NC(=O)CCOc3ccccc3)cn2)cc1. The van der Waals surface area contributed by atoms with Crippen molar-refractivity contribution in [2.24, 2.45) is 0 Å². The van der Waals surface area contributed by atoms with Gasteiger partial charge in [0, 0.05) is 6.54 Å². The Labute approximate surface area is 164 Å². The lowest BCUT2D eigenvalue weighted by molar-refractivity contribution is -0.116. The van der Waals surface area contributed by atoms with Crippen molar-refractivity contribution in [1.82, 2.24) is 4.98 Å². The van der Waals surface area contributed by atoms with Crippen LogP contribution in [0.25, 0.3) is 0 Å². The molecule has 1 heterocycles. The van der Waals surface area contributed by atoms with Crippen molar-refractivity contribution in [3.05, 3.63) is 78.5 Å². The molecule has 0 aliphatic rings. The summed E-state index contributed by atoms with van der Waals surface area (Å²) in [5.74, 6) is 2.21. The number of rotatable bonds is 9. The van der Waals surface area contributed by atoms with Crippen LogP contribution in [0.2, 0.25) is 0 Å². The number of nitrogens with zero attached hydrogens (tertiary/aromatic N) is 1. The first-order valence-electron chi connectivity index (χ1n) is 9.03. The summed E-state index contributed by atoms with van der Waals surface area (Å²) in [6, 6.07) is 20.9. The van der Waals surface area contributed by atoms with Gasteiger partial charge in [0.25, 0.3) is 0 Å². The lowest BCUT2D eigenvalue weighted by Gasteiger charge is -2.09. The number of anilines is 2. The third-order valence-corrected chi connectivity index (χ3v) is 4.02. The smallest absolute Gasteiger partial charge is 0.227 e. The zero-order chi connectivity index (χ0) is 19.6. The number of benzene rings is 2. The number of hydrogen-bond acceptors (Lipinski definition) is 5. The second-order valence-electron chi connectivity index (χ2n) is 6.09. The summed E-state index contributed by atoms with van der Waals surface area (Å²) in [5.41, 5.74) is 1.78. The number of carbonyl (C=O) groups is 1. The number of hydrogen-bond donors (Lipinski definition) is 2. The van der Waals surface area contributed by atoms with Gasteiger partial charge in [0.15, 0.2) is 0 Å². The minimum atomic E-state index is -0.114. The van der Waals surface area contributed by atoms with Crippen LogP contribution in [-0.2, 0) is 11.3 Å². The van der Waals surface area contributed by atoms with E-state index in [1.807, 2.05) is 66.7 Å². The fourth-order valence-electron chi connectivity index (χ4n) is 2.51. The van der Waals surface area contributed by atoms with Gasteiger partial charge in [-0.3, -0.25) is 4.79 Å². The third kappa shape index (κ3) is 6.02. The standard InChI is InChI=1S/C22H23N3O3/c1-27-19-10-7-17(8-11-19)15-23-21-12-9-18(16-24-21)25-22(26)13-14-28-20-5-3-2-4-6-20/h2-12,16H,13-15H2,1H3,(H,23,24)(H,25,26). The lowest BCUT2D eigenvalue weighted by atomic mass is 10.2. The highest BCUT2D eigenvalue weighted by Crippen LogP contribution is 2.14. The number of aromatic nitrogens is 1. The molecular weight excluding hydrogens is 354 g/mol. The summed E-state index contributed by atoms with van der Waals surface area (Å²) in [5, 5.41) is 6.07. The third-order valence-electron chi connectivity index (χ3n) is 4.02. The predicted molar refractivity (Wildman–Crippen MR) is 110 cm³/mol. The number of nitrogens with one attached hydrogen (secondary N) is 2. The van der Waals surface area contributed by atoms with E-state index in [1.54, 1.807) is 13.3 Å². The molecule has 2 aromatic carbocycles. The maximum absolute atomic E-state index is 12.0.